The third-order valence-electron chi connectivity index (χ3n) is 1.78. The highest BCUT2D eigenvalue weighted by Gasteiger charge is 2.24. The Morgan fingerprint density at radius 2 is 2.22 bits per heavy atom. The van der Waals surface area contributed by atoms with E-state index >= 15 is 0 Å². The van der Waals surface area contributed by atoms with E-state index < -0.39 is 0 Å². The summed E-state index contributed by atoms with van der Waals surface area (Å²) < 4.78 is 0. The maximum Gasteiger partial charge on any atom is 0.0141 e. The van der Waals surface area contributed by atoms with Crippen molar-refractivity contribution in [1.82, 2.24) is 0 Å². The molecule has 0 unspecified atom stereocenters. The fourth-order valence-electron chi connectivity index (χ4n) is 0.834. The highest BCUT2D eigenvalue weighted by Crippen LogP contribution is 2.35. The van der Waals surface area contributed by atoms with Gasteiger partial charge in [-0.3, -0.25) is 0 Å². The van der Waals surface area contributed by atoms with Gasteiger partial charge in [0.1, 0.15) is 0 Å². The van der Waals surface area contributed by atoms with Crippen molar-refractivity contribution in [1.29, 1.82) is 0 Å². The largest absolute Gasteiger partial charge is 0.402 e. The molecule has 50 valence electrons. The van der Waals surface area contributed by atoms with Crippen LogP contribution in [0, 0.1) is 5.92 Å². The standard InChI is InChI=1S/C8H13N/c1-3-6(2)8(9)7-4-5-7/h3,7H,1,4-5,9H2,2H3/b8-6+. The molecule has 1 rings (SSSR count). The highest BCUT2D eigenvalue weighted by molar-refractivity contribution is 5.23. The molecule has 1 aliphatic carbocycles. The van der Waals surface area contributed by atoms with Gasteiger partial charge >= 0.3 is 0 Å². The van der Waals surface area contributed by atoms with E-state index in [1.807, 2.05) is 13.0 Å². The molecule has 1 nitrogen and oxygen atoms in total. The third-order valence-corrected chi connectivity index (χ3v) is 1.78. The molecule has 0 aromatic rings. The maximum absolute atomic E-state index is 5.74. The van der Waals surface area contributed by atoms with Crippen molar-refractivity contribution in [2.75, 3.05) is 0 Å². The van der Waals surface area contributed by atoms with Crippen molar-refractivity contribution in [2.45, 2.75) is 19.8 Å². The topological polar surface area (TPSA) is 26.0 Å². The molecular formula is C8H13N. The second kappa shape index (κ2) is 2.26. The minimum Gasteiger partial charge on any atom is -0.402 e. The lowest BCUT2D eigenvalue weighted by Gasteiger charge is -1.98. The van der Waals surface area contributed by atoms with Crippen molar-refractivity contribution in [2.24, 2.45) is 11.7 Å². The van der Waals surface area contributed by atoms with E-state index in [2.05, 4.69) is 6.58 Å². The summed E-state index contributed by atoms with van der Waals surface area (Å²) in [4.78, 5) is 0. The van der Waals surface area contributed by atoms with E-state index in [-0.39, 0.29) is 0 Å². The van der Waals surface area contributed by atoms with Crippen LogP contribution in [0.3, 0.4) is 0 Å². The van der Waals surface area contributed by atoms with Gasteiger partial charge in [-0.05, 0) is 31.3 Å². The van der Waals surface area contributed by atoms with E-state index in [4.69, 9.17) is 5.73 Å². The molecule has 0 atom stereocenters. The first-order chi connectivity index (χ1) is 4.25. The number of rotatable bonds is 2. The summed E-state index contributed by atoms with van der Waals surface area (Å²) in [6.45, 7) is 5.67. The first-order valence-corrected chi connectivity index (χ1v) is 3.34. The molecule has 0 aromatic carbocycles. The predicted molar refractivity (Wildman–Crippen MR) is 39.8 cm³/mol. The molecule has 0 amide bonds. The molecule has 0 spiro atoms. The van der Waals surface area contributed by atoms with Gasteiger partial charge in [-0.2, -0.15) is 0 Å². The Kier molecular flexibility index (Phi) is 1.60. The fourth-order valence-corrected chi connectivity index (χ4v) is 0.834. The lowest BCUT2D eigenvalue weighted by Crippen LogP contribution is -2.01. The first-order valence-electron chi connectivity index (χ1n) is 3.34. The van der Waals surface area contributed by atoms with Crippen molar-refractivity contribution >= 4 is 0 Å². The Morgan fingerprint density at radius 3 is 2.56 bits per heavy atom. The molecule has 1 fully saturated rings. The van der Waals surface area contributed by atoms with Crippen LogP contribution in [0.4, 0.5) is 0 Å². The number of hydrogen-bond donors (Lipinski definition) is 1. The van der Waals surface area contributed by atoms with Crippen molar-refractivity contribution < 1.29 is 0 Å². The van der Waals surface area contributed by atoms with E-state index in [0.717, 1.165) is 11.3 Å². The smallest absolute Gasteiger partial charge is 0.0141 e. The first kappa shape index (κ1) is 6.40. The molecule has 0 heterocycles. The zero-order valence-electron chi connectivity index (χ0n) is 5.85. The molecule has 9 heavy (non-hydrogen) atoms. The SMILES string of the molecule is C=C/C(C)=C(/N)C1CC1. The zero-order valence-corrected chi connectivity index (χ0v) is 5.85. The Balaban J connectivity index is 2.64. The second-order valence-electron chi connectivity index (χ2n) is 2.62. The van der Waals surface area contributed by atoms with Crippen molar-refractivity contribution in [3.63, 3.8) is 0 Å². The van der Waals surface area contributed by atoms with E-state index in [9.17, 15) is 0 Å². The summed E-state index contributed by atoms with van der Waals surface area (Å²) in [6, 6.07) is 0. The Bertz CT molecular complexity index is 152. The zero-order chi connectivity index (χ0) is 6.85. The van der Waals surface area contributed by atoms with Crippen LogP contribution >= 0.6 is 0 Å². The molecule has 0 saturated heterocycles. The minimum absolute atomic E-state index is 0.683. The van der Waals surface area contributed by atoms with E-state index in [1.165, 1.54) is 12.8 Å². The average molecular weight is 123 g/mol. The van der Waals surface area contributed by atoms with Crippen LogP contribution in [0.2, 0.25) is 0 Å². The molecule has 1 saturated carbocycles. The summed E-state index contributed by atoms with van der Waals surface area (Å²) >= 11 is 0. The summed E-state index contributed by atoms with van der Waals surface area (Å²) in [7, 11) is 0. The van der Waals surface area contributed by atoms with Crippen LogP contribution < -0.4 is 5.73 Å². The number of allylic oxidation sites excluding steroid dienone is 3. The molecular weight excluding hydrogens is 110 g/mol. The molecule has 1 heteroatoms. The quantitative estimate of drug-likeness (QED) is 0.557. The van der Waals surface area contributed by atoms with E-state index in [1.54, 1.807) is 0 Å². The Morgan fingerprint density at radius 1 is 1.67 bits per heavy atom. The van der Waals surface area contributed by atoms with Gasteiger partial charge in [-0.15, -0.1) is 0 Å². The number of hydrogen-bond acceptors (Lipinski definition) is 1. The summed E-state index contributed by atoms with van der Waals surface area (Å²) in [6.07, 6.45) is 4.38. The van der Waals surface area contributed by atoms with Gasteiger partial charge in [-0.25, -0.2) is 0 Å². The fraction of sp³-hybridized carbons (Fsp3) is 0.500. The third kappa shape index (κ3) is 1.35. The molecule has 0 bridgehead atoms. The van der Waals surface area contributed by atoms with Gasteiger partial charge in [-0.1, -0.05) is 12.7 Å². The molecule has 0 aliphatic heterocycles. The van der Waals surface area contributed by atoms with Gasteiger partial charge < -0.3 is 5.73 Å². The van der Waals surface area contributed by atoms with Crippen molar-refractivity contribution in [3.05, 3.63) is 23.9 Å². The summed E-state index contributed by atoms with van der Waals surface area (Å²) in [5.41, 5.74) is 7.94. The van der Waals surface area contributed by atoms with Gasteiger partial charge in [0, 0.05) is 5.70 Å². The Hall–Kier alpha value is -0.720. The van der Waals surface area contributed by atoms with Gasteiger partial charge in [0.2, 0.25) is 0 Å². The van der Waals surface area contributed by atoms with Gasteiger partial charge in [0.25, 0.3) is 0 Å². The summed E-state index contributed by atoms with van der Waals surface area (Å²) in [5.74, 6) is 0.683. The molecule has 2 N–H and O–H groups in total. The van der Waals surface area contributed by atoms with Crippen LogP contribution in [-0.4, -0.2) is 0 Å². The van der Waals surface area contributed by atoms with Crippen LogP contribution in [0.15, 0.2) is 23.9 Å². The van der Waals surface area contributed by atoms with Crippen LogP contribution in [0.25, 0.3) is 0 Å². The second-order valence-corrected chi connectivity index (χ2v) is 2.62. The van der Waals surface area contributed by atoms with Crippen LogP contribution in [0.1, 0.15) is 19.8 Å². The summed E-state index contributed by atoms with van der Waals surface area (Å²) in [5, 5.41) is 0. The molecule has 0 radical (unpaired) electrons. The number of nitrogens with two attached hydrogens (primary N) is 1. The van der Waals surface area contributed by atoms with Gasteiger partial charge in [0.15, 0.2) is 0 Å². The minimum atomic E-state index is 0.683. The van der Waals surface area contributed by atoms with Crippen molar-refractivity contribution in [3.8, 4) is 0 Å². The Labute approximate surface area is 56.2 Å². The van der Waals surface area contributed by atoms with Crippen LogP contribution in [-0.2, 0) is 0 Å². The lowest BCUT2D eigenvalue weighted by atomic mass is 10.2. The maximum atomic E-state index is 5.74. The predicted octanol–water partition coefficient (Wildman–Crippen LogP) is 1.82. The average Bonchev–Trinajstić information content (AvgIpc) is 2.66. The monoisotopic (exact) mass is 123 g/mol. The van der Waals surface area contributed by atoms with Gasteiger partial charge in [0.05, 0.1) is 0 Å². The lowest BCUT2D eigenvalue weighted by molar-refractivity contribution is 0.959. The van der Waals surface area contributed by atoms with E-state index in [0.29, 0.717) is 5.92 Å². The normalized spacial score (nSPS) is 21.0. The molecule has 0 aromatic heterocycles. The molecule has 1 aliphatic rings. The highest BCUT2D eigenvalue weighted by atomic mass is 14.6. The van der Waals surface area contributed by atoms with Crippen LogP contribution in [0.5, 0.6) is 0 Å².